The molecule has 1 N–H and O–H groups in total. The number of aliphatic hydroxyl groups excluding tert-OH is 1. The molecular formula is C21H13Cl2N3O3. The zero-order valence-electron chi connectivity index (χ0n) is 14.8. The minimum absolute atomic E-state index is 0.0870. The number of anilines is 1. The number of benzene rings is 2. The Hall–Kier alpha value is -3.22. The second-order valence-corrected chi connectivity index (χ2v) is 7.11. The van der Waals surface area contributed by atoms with Crippen molar-refractivity contribution in [3.63, 3.8) is 0 Å². The van der Waals surface area contributed by atoms with E-state index < -0.39 is 17.7 Å². The van der Waals surface area contributed by atoms with Crippen molar-refractivity contribution < 1.29 is 14.7 Å². The third kappa shape index (κ3) is 3.37. The molecule has 2 aromatic carbocycles. The number of rotatable bonds is 3. The number of ketones is 1. The van der Waals surface area contributed by atoms with E-state index in [-0.39, 0.29) is 27.7 Å². The van der Waals surface area contributed by atoms with Gasteiger partial charge in [0.05, 0.1) is 22.8 Å². The summed E-state index contributed by atoms with van der Waals surface area (Å²) < 4.78 is 0. The molecule has 6 nitrogen and oxygen atoms in total. The van der Waals surface area contributed by atoms with Gasteiger partial charge in [-0.3, -0.25) is 19.5 Å². The van der Waals surface area contributed by atoms with Crippen LogP contribution in [0.5, 0.6) is 0 Å². The van der Waals surface area contributed by atoms with Crippen LogP contribution in [-0.4, -0.2) is 26.8 Å². The number of aliphatic hydroxyl groups is 1. The van der Waals surface area contributed by atoms with E-state index in [0.717, 1.165) is 0 Å². The van der Waals surface area contributed by atoms with Crippen LogP contribution in [0.25, 0.3) is 5.76 Å². The van der Waals surface area contributed by atoms with Crippen molar-refractivity contribution in [2.45, 2.75) is 6.04 Å². The molecular weight excluding hydrogens is 413 g/mol. The fourth-order valence-corrected chi connectivity index (χ4v) is 3.59. The Balaban J connectivity index is 1.97. The molecule has 1 amide bonds. The van der Waals surface area contributed by atoms with Crippen LogP contribution in [0.15, 0.2) is 72.7 Å². The fourth-order valence-electron chi connectivity index (χ4n) is 3.24. The van der Waals surface area contributed by atoms with Crippen LogP contribution in [0.1, 0.15) is 17.2 Å². The molecule has 4 rings (SSSR count). The highest BCUT2D eigenvalue weighted by molar-refractivity contribution is 6.51. The van der Waals surface area contributed by atoms with Crippen LogP contribution < -0.4 is 4.90 Å². The molecule has 144 valence electrons. The van der Waals surface area contributed by atoms with Gasteiger partial charge in [-0.2, -0.15) is 0 Å². The standard InChI is InChI=1S/C21H13Cl2N3O3/c22-13-7-5-12(6-8-13)18-17(19(27)14-3-1-2-4-15(14)23)20(28)21(29)26(18)16-11-24-9-10-25-16/h1-11,18,27H/b19-17+. The lowest BCUT2D eigenvalue weighted by Gasteiger charge is -2.24. The van der Waals surface area contributed by atoms with Crippen LogP contribution >= 0.6 is 23.2 Å². The first-order valence-corrected chi connectivity index (χ1v) is 9.32. The molecule has 1 aromatic heterocycles. The van der Waals surface area contributed by atoms with E-state index in [9.17, 15) is 14.7 Å². The van der Waals surface area contributed by atoms with Gasteiger partial charge in [0.2, 0.25) is 0 Å². The van der Waals surface area contributed by atoms with E-state index in [1.807, 2.05) is 0 Å². The number of carbonyl (C=O) groups excluding carboxylic acids is 2. The SMILES string of the molecule is O=C1C(=O)N(c2cnccn2)C(c2ccc(Cl)cc2)/C1=C(\O)c1ccccc1Cl. The zero-order valence-corrected chi connectivity index (χ0v) is 16.3. The highest BCUT2D eigenvalue weighted by atomic mass is 35.5. The molecule has 0 saturated carbocycles. The molecule has 1 aliphatic rings. The predicted molar refractivity (Wildman–Crippen MR) is 110 cm³/mol. The summed E-state index contributed by atoms with van der Waals surface area (Å²) in [6, 6.07) is 12.3. The maximum atomic E-state index is 12.9. The summed E-state index contributed by atoms with van der Waals surface area (Å²) in [6.45, 7) is 0. The number of halogens is 2. The molecule has 1 saturated heterocycles. The summed E-state index contributed by atoms with van der Waals surface area (Å²) in [6.07, 6.45) is 4.26. The Morgan fingerprint density at radius 1 is 1.00 bits per heavy atom. The van der Waals surface area contributed by atoms with Gasteiger partial charge in [-0.1, -0.05) is 47.5 Å². The molecule has 2 heterocycles. The smallest absolute Gasteiger partial charge is 0.301 e. The summed E-state index contributed by atoms with van der Waals surface area (Å²) in [5.74, 6) is -1.83. The van der Waals surface area contributed by atoms with E-state index in [2.05, 4.69) is 9.97 Å². The van der Waals surface area contributed by atoms with Crippen LogP contribution in [0, 0.1) is 0 Å². The van der Waals surface area contributed by atoms with Gasteiger partial charge in [-0.05, 0) is 29.8 Å². The first-order valence-electron chi connectivity index (χ1n) is 8.56. The molecule has 1 aliphatic heterocycles. The maximum Gasteiger partial charge on any atom is 0.301 e. The lowest BCUT2D eigenvalue weighted by Crippen LogP contribution is -2.30. The van der Waals surface area contributed by atoms with E-state index >= 15 is 0 Å². The van der Waals surface area contributed by atoms with Crippen molar-refractivity contribution >= 4 is 46.5 Å². The van der Waals surface area contributed by atoms with E-state index in [4.69, 9.17) is 23.2 Å². The average molecular weight is 426 g/mol. The number of nitrogens with zero attached hydrogens (tertiary/aromatic N) is 3. The molecule has 29 heavy (non-hydrogen) atoms. The summed E-state index contributed by atoms with van der Waals surface area (Å²) in [5.41, 5.74) is 0.745. The van der Waals surface area contributed by atoms with Crippen molar-refractivity contribution in [1.82, 2.24) is 9.97 Å². The third-order valence-corrected chi connectivity index (χ3v) is 5.14. The molecule has 1 unspecified atom stereocenters. The third-order valence-electron chi connectivity index (χ3n) is 4.56. The van der Waals surface area contributed by atoms with Crippen molar-refractivity contribution in [2.24, 2.45) is 0 Å². The van der Waals surface area contributed by atoms with Crippen LogP contribution in [0.4, 0.5) is 5.82 Å². The number of hydrogen-bond donors (Lipinski definition) is 1. The van der Waals surface area contributed by atoms with Crippen LogP contribution in [0.2, 0.25) is 10.0 Å². The van der Waals surface area contributed by atoms with Gasteiger partial charge in [0.1, 0.15) is 5.76 Å². The predicted octanol–water partition coefficient (Wildman–Crippen LogP) is 4.41. The molecule has 0 radical (unpaired) electrons. The van der Waals surface area contributed by atoms with E-state index in [1.165, 1.54) is 23.5 Å². The highest BCUT2D eigenvalue weighted by Gasteiger charge is 2.47. The average Bonchev–Trinajstić information content (AvgIpc) is 3.00. The number of Topliss-reactive ketones (excluding diaryl/α,β-unsaturated/α-hetero) is 1. The Morgan fingerprint density at radius 3 is 2.38 bits per heavy atom. The van der Waals surface area contributed by atoms with Gasteiger partial charge in [-0.25, -0.2) is 4.98 Å². The van der Waals surface area contributed by atoms with Crippen molar-refractivity contribution in [3.8, 4) is 0 Å². The Morgan fingerprint density at radius 2 is 1.72 bits per heavy atom. The van der Waals surface area contributed by atoms with Gasteiger partial charge in [0.15, 0.2) is 5.82 Å². The number of hydrogen-bond acceptors (Lipinski definition) is 5. The second kappa shape index (κ2) is 7.66. The Kier molecular flexibility index (Phi) is 5.05. The first-order chi connectivity index (χ1) is 14.0. The summed E-state index contributed by atoms with van der Waals surface area (Å²) in [4.78, 5) is 35.2. The molecule has 0 bridgehead atoms. The van der Waals surface area contributed by atoms with E-state index in [0.29, 0.717) is 10.6 Å². The van der Waals surface area contributed by atoms with Gasteiger partial charge in [0.25, 0.3) is 5.78 Å². The van der Waals surface area contributed by atoms with Crippen LogP contribution in [-0.2, 0) is 9.59 Å². The summed E-state index contributed by atoms with van der Waals surface area (Å²) in [7, 11) is 0. The van der Waals surface area contributed by atoms with Gasteiger partial charge < -0.3 is 5.11 Å². The highest BCUT2D eigenvalue weighted by Crippen LogP contribution is 2.42. The minimum atomic E-state index is -0.916. The minimum Gasteiger partial charge on any atom is -0.507 e. The number of amides is 1. The molecule has 3 aromatic rings. The lowest BCUT2D eigenvalue weighted by molar-refractivity contribution is -0.132. The molecule has 0 aliphatic carbocycles. The second-order valence-electron chi connectivity index (χ2n) is 6.26. The van der Waals surface area contributed by atoms with Crippen molar-refractivity contribution in [2.75, 3.05) is 4.90 Å². The fraction of sp³-hybridized carbons (Fsp3) is 0.0476. The van der Waals surface area contributed by atoms with Crippen molar-refractivity contribution in [3.05, 3.63) is 93.9 Å². The van der Waals surface area contributed by atoms with Gasteiger partial charge in [-0.15, -0.1) is 0 Å². The molecule has 8 heteroatoms. The topological polar surface area (TPSA) is 83.4 Å². The summed E-state index contributed by atoms with van der Waals surface area (Å²) in [5, 5.41) is 11.7. The zero-order chi connectivity index (χ0) is 20.5. The number of carbonyl (C=O) groups is 2. The molecule has 0 spiro atoms. The monoisotopic (exact) mass is 425 g/mol. The van der Waals surface area contributed by atoms with Crippen LogP contribution in [0.3, 0.4) is 0 Å². The van der Waals surface area contributed by atoms with Crippen molar-refractivity contribution in [1.29, 1.82) is 0 Å². The first kappa shape index (κ1) is 19.1. The maximum absolute atomic E-state index is 12.9. The Labute approximate surface area is 176 Å². The summed E-state index contributed by atoms with van der Waals surface area (Å²) >= 11 is 12.2. The lowest BCUT2D eigenvalue weighted by atomic mass is 9.95. The number of aromatic nitrogens is 2. The molecule has 1 atom stereocenters. The quantitative estimate of drug-likeness (QED) is 0.381. The normalized spacial score (nSPS) is 18.3. The van der Waals surface area contributed by atoms with Gasteiger partial charge in [0, 0.05) is 23.0 Å². The largest absolute Gasteiger partial charge is 0.507 e. The van der Waals surface area contributed by atoms with Gasteiger partial charge >= 0.3 is 5.91 Å². The van der Waals surface area contributed by atoms with E-state index in [1.54, 1.807) is 48.5 Å². The Bertz CT molecular complexity index is 1130. The molecule has 1 fully saturated rings.